The number of fused-ring (bicyclic) bond motifs is 1. The molecule has 1 aromatic carbocycles. The van der Waals surface area contributed by atoms with Gasteiger partial charge in [-0.05, 0) is 18.1 Å². The van der Waals surface area contributed by atoms with E-state index in [4.69, 9.17) is 5.73 Å². The van der Waals surface area contributed by atoms with E-state index in [0.29, 0.717) is 13.0 Å². The Morgan fingerprint density at radius 1 is 1.43 bits per heavy atom. The van der Waals surface area contributed by atoms with Crippen LogP contribution in [0.1, 0.15) is 12.0 Å². The maximum atomic E-state index is 11.7. The summed E-state index contributed by atoms with van der Waals surface area (Å²) in [6, 6.07) is 8.05. The summed E-state index contributed by atoms with van der Waals surface area (Å²) in [5.74, 6) is 0.137. The Balaban J connectivity index is 2.21. The number of carbonyl (C=O) groups is 1. The molecule has 1 heterocycles. The van der Waals surface area contributed by atoms with E-state index < -0.39 is 0 Å². The number of para-hydroxylation sites is 1. The molecule has 2 N–H and O–H groups in total. The second-order valence-electron chi connectivity index (χ2n) is 3.46. The molecule has 0 bridgehead atoms. The van der Waals surface area contributed by atoms with E-state index in [1.807, 2.05) is 23.1 Å². The van der Waals surface area contributed by atoms with Crippen LogP contribution in [0.15, 0.2) is 24.3 Å². The van der Waals surface area contributed by atoms with Gasteiger partial charge in [-0.3, -0.25) is 4.79 Å². The Morgan fingerprint density at radius 2 is 2.21 bits per heavy atom. The van der Waals surface area contributed by atoms with Gasteiger partial charge in [-0.25, -0.2) is 0 Å². The van der Waals surface area contributed by atoms with Crippen LogP contribution < -0.4 is 10.6 Å². The van der Waals surface area contributed by atoms with Gasteiger partial charge in [-0.15, -0.1) is 0 Å². The second kappa shape index (κ2) is 3.80. The van der Waals surface area contributed by atoms with E-state index in [1.165, 1.54) is 5.56 Å². The molecule has 14 heavy (non-hydrogen) atoms. The van der Waals surface area contributed by atoms with Gasteiger partial charge in [-0.1, -0.05) is 18.2 Å². The molecule has 0 saturated heterocycles. The van der Waals surface area contributed by atoms with Crippen molar-refractivity contribution >= 4 is 11.6 Å². The largest absolute Gasteiger partial charge is 0.330 e. The maximum Gasteiger partial charge on any atom is 0.228 e. The van der Waals surface area contributed by atoms with E-state index in [1.54, 1.807) is 0 Å². The fraction of sp³-hybridized carbons (Fsp3) is 0.364. The van der Waals surface area contributed by atoms with Crippen molar-refractivity contribution in [3.8, 4) is 0 Å². The highest BCUT2D eigenvalue weighted by molar-refractivity contribution is 5.95. The zero-order valence-corrected chi connectivity index (χ0v) is 8.07. The first-order valence-electron chi connectivity index (χ1n) is 4.91. The quantitative estimate of drug-likeness (QED) is 0.754. The van der Waals surface area contributed by atoms with Gasteiger partial charge in [0.1, 0.15) is 0 Å². The third-order valence-electron chi connectivity index (χ3n) is 2.55. The van der Waals surface area contributed by atoms with Crippen LogP contribution in [0, 0.1) is 0 Å². The summed E-state index contributed by atoms with van der Waals surface area (Å²) in [5, 5.41) is 0. The predicted octanol–water partition coefficient (Wildman–Crippen LogP) is 0.924. The zero-order valence-electron chi connectivity index (χ0n) is 8.07. The van der Waals surface area contributed by atoms with Crippen LogP contribution in [-0.4, -0.2) is 19.0 Å². The highest BCUT2D eigenvalue weighted by Crippen LogP contribution is 2.27. The van der Waals surface area contributed by atoms with Crippen molar-refractivity contribution in [1.29, 1.82) is 0 Å². The van der Waals surface area contributed by atoms with Crippen LogP contribution in [0.4, 0.5) is 5.69 Å². The zero-order chi connectivity index (χ0) is 9.97. The normalized spacial score (nSPS) is 14.2. The molecule has 0 aromatic heterocycles. The minimum absolute atomic E-state index is 0.137. The van der Waals surface area contributed by atoms with Gasteiger partial charge in [0.15, 0.2) is 0 Å². The lowest BCUT2D eigenvalue weighted by molar-refractivity contribution is -0.118. The third-order valence-corrected chi connectivity index (χ3v) is 2.55. The summed E-state index contributed by atoms with van der Waals surface area (Å²) in [6.07, 6.45) is 1.40. The lowest BCUT2D eigenvalue weighted by atomic mass is 10.2. The first-order chi connectivity index (χ1) is 6.83. The van der Waals surface area contributed by atoms with Crippen molar-refractivity contribution in [2.45, 2.75) is 12.8 Å². The van der Waals surface area contributed by atoms with Crippen molar-refractivity contribution in [2.24, 2.45) is 5.73 Å². The molecule has 1 amide bonds. The molecule has 74 valence electrons. The van der Waals surface area contributed by atoms with E-state index in [0.717, 1.165) is 18.7 Å². The topological polar surface area (TPSA) is 46.3 Å². The summed E-state index contributed by atoms with van der Waals surface area (Å²) in [4.78, 5) is 13.5. The molecule has 0 atom stereocenters. The number of amides is 1. The SMILES string of the molecule is NCCC(=O)N1CCc2ccccc21. The first kappa shape index (κ1) is 9.21. The molecule has 3 nitrogen and oxygen atoms in total. The summed E-state index contributed by atoms with van der Waals surface area (Å²) in [6.45, 7) is 1.23. The van der Waals surface area contributed by atoms with Gasteiger partial charge in [0, 0.05) is 25.2 Å². The summed E-state index contributed by atoms with van der Waals surface area (Å²) in [5.41, 5.74) is 7.69. The van der Waals surface area contributed by atoms with Gasteiger partial charge in [0.05, 0.1) is 0 Å². The summed E-state index contributed by atoms with van der Waals surface area (Å²) in [7, 11) is 0. The molecule has 0 unspecified atom stereocenters. The van der Waals surface area contributed by atoms with E-state index in [-0.39, 0.29) is 5.91 Å². The average Bonchev–Trinajstić information content (AvgIpc) is 2.61. The van der Waals surface area contributed by atoms with Crippen LogP contribution in [0.2, 0.25) is 0 Å². The summed E-state index contributed by atoms with van der Waals surface area (Å²) >= 11 is 0. The monoisotopic (exact) mass is 190 g/mol. The molecule has 0 spiro atoms. The van der Waals surface area contributed by atoms with Gasteiger partial charge < -0.3 is 10.6 Å². The minimum atomic E-state index is 0.137. The maximum absolute atomic E-state index is 11.7. The predicted molar refractivity (Wildman–Crippen MR) is 56.2 cm³/mol. The third kappa shape index (κ3) is 1.51. The van der Waals surface area contributed by atoms with E-state index >= 15 is 0 Å². The first-order valence-corrected chi connectivity index (χ1v) is 4.91. The number of hydrogen-bond acceptors (Lipinski definition) is 2. The van der Waals surface area contributed by atoms with Crippen molar-refractivity contribution < 1.29 is 4.79 Å². The number of benzene rings is 1. The number of nitrogens with two attached hydrogens (primary N) is 1. The standard InChI is InChI=1S/C11H14N2O/c12-7-5-11(14)13-8-6-9-3-1-2-4-10(9)13/h1-4H,5-8,12H2. The Morgan fingerprint density at radius 3 is 3.00 bits per heavy atom. The molecule has 3 heteroatoms. The lowest BCUT2D eigenvalue weighted by Gasteiger charge is -2.16. The number of nitrogens with zero attached hydrogens (tertiary/aromatic N) is 1. The van der Waals surface area contributed by atoms with Crippen molar-refractivity contribution in [1.82, 2.24) is 0 Å². The second-order valence-corrected chi connectivity index (χ2v) is 3.46. The van der Waals surface area contributed by atoms with Gasteiger partial charge in [0.2, 0.25) is 5.91 Å². The van der Waals surface area contributed by atoms with Gasteiger partial charge in [-0.2, -0.15) is 0 Å². The van der Waals surface area contributed by atoms with Crippen LogP contribution in [-0.2, 0) is 11.2 Å². The molecule has 2 rings (SSSR count). The lowest BCUT2D eigenvalue weighted by Crippen LogP contribution is -2.30. The number of anilines is 1. The van der Waals surface area contributed by atoms with Crippen LogP contribution in [0.25, 0.3) is 0 Å². The highest BCUT2D eigenvalue weighted by Gasteiger charge is 2.22. The average molecular weight is 190 g/mol. The fourth-order valence-electron chi connectivity index (χ4n) is 1.86. The Bertz CT molecular complexity index is 349. The molecule has 0 fully saturated rings. The van der Waals surface area contributed by atoms with Gasteiger partial charge in [0.25, 0.3) is 0 Å². The van der Waals surface area contributed by atoms with Crippen LogP contribution >= 0.6 is 0 Å². The number of hydrogen-bond donors (Lipinski definition) is 1. The smallest absolute Gasteiger partial charge is 0.228 e. The highest BCUT2D eigenvalue weighted by atomic mass is 16.2. The molecule has 0 radical (unpaired) electrons. The Kier molecular flexibility index (Phi) is 2.50. The molecule has 0 saturated carbocycles. The Labute approximate surface area is 83.5 Å². The molecule has 1 aromatic rings. The Hall–Kier alpha value is -1.35. The van der Waals surface area contributed by atoms with Crippen LogP contribution in [0.3, 0.4) is 0 Å². The van der Waals surface area contributed by atoms with Gasteiger partial charge >= 0.3 is 0 Å². The molecular formula is C11H14N2O. The summed E-state index contributed by atoms with van der Waals surface area (Å²) < 4.78 is 0. The fourth-order valence-corrected chi connectivity index (χ4v) is 1.86. The van der Waals surface area contributed by atoms with Crippen molar-refractivity contribution in [3.63, 3.8) is 0 Å². The molecule has 1 aliphatic rings. The number of rotatable bonds is 2. The van der Waals surface area contributed by atoms with Crippen molar-refractivity contribution in [2.75, 3.05) is 18.0 Å². The van der Waals surface area contributed by atoms with Crippen molar-refractivity contribution in [3.05, 3.63) is 29.8 Å². The van der Waals surface area contributed by atoms with Crippen LogP contribution in [0.5, 0.6) is 0 Å². The molecule has 0 aliphatic carbocycles. The number of carbonyl (C=O) groups excluding carboxylic acids is 1. The molecular weight excluding hydrogens is 176 g/mol. The van der Waals surface area contributed by atoms with E-state index in [2.05, 4.69) is 6.07 Å². The van der Waals surface area contributed by atoms with E-state index in [9.17, 15) is 4.79 Å². The minimum Gasteiger partial charge on any atom is -0.330 e. The molecule has 1 aliphatic heterocycles.